The number of halogens is 2. The molecule has 0 N–H and O–H groups in total. The van der Waals surface area contributed by atoms with Gasteiger partial charge in [-0.2, -0.15) is 0 Å². The van der Waals surface area contributed by atoms with Gasteiger partial charge >= 0.3 is 0 Å². The molecule has 2 aliphatic heterocycles. The molecule has 7 heteroatoms. The Morgan fingerprint density at radius 3 is 2.88 bits per heavy atom. The molecule has 176 valence electrons. The SMILES string of the molecule is O=C1N(Cc2cccc(Cl)c2)C[C@@H](OCC2CC2)C[C@]12CCCN(Cc1ncccc1F)C2. The molecule has 5 nitrogen and oxygen atoms in total. The molecule has 2 saturated heterocycles. The zero-order chi connectivity index (χ0) is 22.8. The number of amides is 1. The molecule has 1 spiro atoms. The summed E-state index contributed by atoms with van der Waals surface area (Å²) >= 11 is 6.20. The second-order valence-electron chi connectivity index (χ2n) is 9.94. The zero-order valence-electron chi connectivity index (χ0n) is 18.9. The van der Waals surface area contributed by atoms with Gasteiger partial charge in [0.1, 0.15) is 5.82 Å². The molecule has 0 radical (unpaired) electrons. The van der Waals surface area contributed by atoms with Gasteiger partial charge in [-0.05, 0) is 74.4 Å². The first-order valence-corrected chi connectivity index (χ1v) is 12.4. The van der Waals surface area contributed by atoms with Gasteiger partial charge < -0.3 is 9.64 Å². The second-order valence-corrected chi connectivity index (χ2v) is 10.4. The summed E-state index contributed by atoms with van der Waals surface area (Å²) in [5, 5.41) is 0.675. The summed E-state index contributed by atoms with van der Waals surface area (Å²) in [5.41, 5.74) is 0.960. The summed E-state index contributed by atoms with van der Waals surface area (Å²) in [6.07, 6.45) is 6.60. The Bertz CT molecular complexity index is 1000. The van der Waals surface area contributed by atoms with Crippen molar-refractivity contribution in [1.82, 2.24) is 14.8 Å². The van der Waals surface area contributed by atoms with E-state index >= 15 is 0 Å². The van der Waals surface area contributed by atoms with E-state index in [1.807, 2.05) is 29.2 Å². The number of pyridine rings is 1. The minimum atomic E-state index is -0.505. The van der Waals surface area contributed by atoms with Crippen molar-refractivity contribution in [3.05, 3.63) is 64.7 Å². The zero-order valence-corrected chi connectivity index (χ0v) is 19.6. The van der Waals surface area contributed by atoms with Crippen LogP contribution < -0.4 is 0 Å². The van der Waals surface area contributed by atoms with Gasteiger partial charge in [0, 0.05) is 44.0 Å². The molecule has 1 amide bonds. The normalized spacial score (nSPS) is 26.2. The van der Waals surface area contributed by atoms with Crippen LogP contribution in [-0.4, -0.2) is 53.0 Å². The number of carbonyl (C=O) groups is 1. The summed E-state index contributed by atoms with van der Waals surface area (Å²) in [4.78, 5) is 22.2. The third-order valence-corrected chi connectivity index (χ3v) is 7.41. The van der Waals surface area contributed by atoms with Crippen LogP contribution in [0.2, 0.25) is 5.02 Å². The number of benzene rings is 1. The minimum Gasteiger partial charge on any atom is -0.376 e. The molecule has 3 heterocycles. The fourth-order valence-corrected chi connectivity index (χ4v) is 5.57. The molecule has 1 aliphatic carbocycles. The summed E-state index contributed by atoms with van der Waals surface area (Å²) in [6, 6.07) is 10.8. The third kappa shape index (κ3) is 5.39. The van der Waals surface area contributed by atoms with Crippen molar-refractivity contribution in [2.75, 3.05) is 26.2 Å². The van der Waals surface area contributed by atoms with Crippen LogP contribution in [0.1, 0.15) is 43.4 Å². The maximum absolute atomic E-state index is 14.2. The Balaban J connectivity index is 1.35. The van der Waals surface area contributed by atoms with Crippen molar-refractivity contribution in [2.24, 2.45) is 11.3 Å². The van der Waals surface area contributed by atoms with Gasteiger partial charge in [-0.1, -0.05) is 23.7 Å². The first-order valence-electron chi connectivity index (χ1n) is 12.0. The van der Waals surface area contributed by atoms with E-state index in [0.717, 1.165) is 38.0 Å². The monoisotopic (exact) mass is 471 g/mol. The molecule has 0 bridgehead atoms. The second kappa shape index (κ2) is 9.69. The Hall–Kier alpha value is -2.02. The van der Waals surface area contributed by atoms with Crippen LogP contribution in [0.4, 0.5) is 4.39 Å². The highest BCUT2D eigenvalue weighted by Gasteiger charge is 2.50. The van der Waals surface area contributed by atoms with Gasteiger partial charge in [0.2, 0.25) is 5.91 Å². The van der Waals surface area contributed by atoms with E-state index in [1.165, 1.54) is 18.9 Å². The average Bonchev–Trinajstić information content (AvgIpc) is 3.62. The van der Waals surface area contributed by atoms with Crippen LogP contribution in [0.15, 0.2) is 42.6 Å². The molecule has 0 unspecified atom stereocenters. The number of carbonyl (C=O) groups excluding carboxylic acids is 1. The lowest BCUT2D eigenvalue weighted by Crippen LogP contribution is -2.59. The Labute approximate surface area is 199 Å². The molecular weight excluding hydrogens is 441 g/mol. The topological polar surface area (TPSA) is 45.7 Å². The first-order chi connectivity index (χ1) is 16.0. The highest BCUT2D eigenvalue weighted by atomic mass is 35.5. The van der Waals surface area contributed by atoms with Crippen molar-refractivity contribution in [3.63, 3.8) is 0 Å². The number of hydrogen-bond donors (Lipinski definition) is 0. The summed E-state index contributed by atoms with van der Waals surface area (Å²) in [6.45, 7) is 3.78. The van der Waals surface area contributed by atoms with Gasteiger partial charge in [0.15, 0.2) is 0 Å². The van der Waals surface area contributed by atoms with E-state index < -0.39 is 5.41 Å². The van der Waals surface area contributed by atoms with Crippen LogP contribution in [0, 0.1) is 17.2 Å². The number of likely N-dealkylation sites (tertiary alicyclic amines) is 2. The summed E-state index contributed by atoms with van der Waals surface area (Å²) < 4.78 is 20.6. The number of ether oxygens (including phenoxy) is 1. The molecule has 3 aliphatic rings. The van der Waals surface area contributed by atoms with Gasteiger partial charge in [0.05, 0.1) is 17.2 Å². The molecule has 1 aromatic carbocycles. The van der Waals surface area contributed by atoms with Crippen LogP contribution >= 0.6 is 11.6 Å². The van der Waals surface area contributed by atoms with E-state index in [-0.39, 0.29) is 17.8 Å². The van der Waals surface area contributed by atoms with Crippen molar-refractivity contribution in [1.29, 1.82) is 0 Å². The van der Waals surface area contributed by atoms with Crippen molar-refractivity contribution < 1.29 is 13.9 Å². The third-order valence-electron chi connectivity index (χ3n) is 7.17. The standard InChI is InChI=1S/C26H31ClFN3O2/c27-21-5-1-4-20(12-21)14-31-15-22(33-17-19-7-8-19)13-26(25(31)32)9-3-11-30(18-26)16-24-23(28)6-2-10-29-24/h1-2,4-6,10,12,19,22H,3,7-9,11,13-18H2/t22-,26-/m0/s1. The van der Waals surface area contributed by atoms with Gasteiger partial charge in [-0.3, -0.25) is 14.7 Å². The lowest BCUT2D eigenvalue weighted by Gasteiger charge is -2.49. The molecule has 2 atom stereocenters. The van der Waals surface area contributed by atoms with Crippen molar-refractivity contribution >= 4 is 17.5 Å². The minimum absolute atomic E-state index is 0.0222. The number of piperidine rings is 2. The summed E-state index contributed by atoms with van der Waals surface area (Å²) in [5.74, 6) is 0.565. The summed E-state index contributed by atoms with van der Waals surface area (Å²) in [7, 11) is 0. The van der Waals surface area contributed by atoms with Gasteiger partial charge in [-0.15, -0.1) is 0 Å². The lowest BCUT2D eigenvalue weighted by atomic mass is 9.72. The van der Waals surface area contributed by atoms with Crippen molar-refractivity contribution in [2.45, 2.75) is 51.3 Å². The molecule has 3 fully saturated rings. The fourth-order valence-electron chi connectivity index (χ4n) is 5.36. The van der Waals surface area contributed by atoms with E-state index in [4.69, 9.17) is 16.3 Å². The van der Waals surface area contributed by atoms with Gasteiger partial charge in [0.25, 0.3) is 0 Å². The lowest BCUT2D eigenvalue weighted by molar-refractivity contribution is -0.161. The van der Waals surface area contributed by atoms with Gasteiger partial charge in [-0.25, -0.2) is 4.39 Å². The maximum atomic E-state index is 14.2. The van der Waals surface area contributed by atoms with E-state index in [1.54, 1.807) is 12.3 Å². The maximum Gasteiger partial charge on any atom is 0.230 e. The molecule has 33 heavy (non-hydrogen) atoms. The predicted molar refractivity (Wildman–Crippen MR) is 125 cm³/mol. The molecule has 2 aromatic rings. The van der Waals surface area contributed by atoms with Crippen molar-refractivity contribution in [3.8, 4) is 0 Å². The largest absolute Gasteiger partial charge is 0.376 e. The molecule has 1 saturated carbocycles. The molecular formula is C26H31ClFN3O2. The fraction of sp³-hybridized carbons (Fsp3) is 0.538. The highest BCUT2D eigenvalue weighted by Crippen LogP contribution is 2.42. The molecule has 5 rings (SSSR count). The molecule has 1 aromatic heterocycles. The Kier molecular flexibility index (Phi) is 6.68. The Morgan fingerprint density at radius 1 is 1.21 bits per heavy atom. The van der Waals surface area contributed by atoms with Crippen LogP contribution in [-0.2, 0) is 22.6 Å². The van der Waals surface area contributed by atoms with E-state index in [9.17, 15) is 9.18 Å². The quantitative estimate of drug-likeness (QED) is 0.588. The van der Waals surface area contributed by atoms with Crippen LogP contribution in [0.3, 0.4) is 0 Å². The number of hydrogen-bond acceptors (Lipinski definition) is 4. The highest BCUT2D eigenvalue weighted by molar-refractivity contribution is 6.30. The average molecular weight is 472 g/mol. The smallest absolute Gasteiger partial charge is 0.230 e. The number of nitrogens with zero attached hydrogens (tertiary/aromatic N) is 3. The Morgan fingerprint density at radius 2 is 2.09 bits per heavy atom. The van der Waals surface area contributed by atoms with Crippen LogP contribution in [0.5, 0.6) is 0 Å². The number of aromatic nitrogens is 1. The first kappa shape index (κ1) is 22.8. The van der Waals surface area contributed by atoms with Crippen LogP contribution in [0.25, 0.3) is 0 Å². The van der Waals surface area contributed by atoms with E-state index in [2.05, 4.69) is 9.88 Å². The van der Waals surface area contributed by atoms with E-state index in [0.29, 0.717) is 42.8 Å². The number of rotatable bonds is 7. The predicted octanol–water partition coefficient (Wildman–Crippen LogP) is 4.68.